The molecule has 0 rings (SSSR count). The van der Waals surface area contributed by atoms with E-state index in [0.29, 0.717) is 19.3 Å². The number of carbonyl (C=O) groups excluding carboxylic acids is 3. The largest absolute Gasteiger partial charge is 0.462 e. The highest BCUT2D eigenvalue weighted by Gasteiger charge is 2.19. The predicted molar refractivity (Wildman–Crippen MR) is 238 cm³/mol. The highest BCUT2D eigenvalue weighted by molar-refractivity contribution is 5.71. The Balaban J connectivity index is 4.45. The van der Waals surface area contributed by atoms with Gasteiger partial charge in [-0.2, -0.15) is 0 Å². The zero-order chi connectivity index (χ0) is 40.8. The van der Waals surface area contributed by atoms with Crippen molar-refractivity contribution in [3.05, 3.63) is 60.8 Å². The summed E-state index contributed by atoms with van der Waals surface area (Å²) in [7, 11) is 0. The third-order valence-corrected chi connectivity index (χ3v) is 9.76. The number of allylic oxidation sites excluding steroid dienone is 10. The van der Waals surface area contributed by atoms with Gasteiger partial charge in [-0.3, -0.25) is 14.4 Å². The fraction of sp³-hybridized carbons (Fsp3) is 0.740. The van der Waals surface area contributed by atoms with Crippen LogP contribution in [-0.2, 0) is 28.6 Å². The first-order valence-corrected chi connectivity index (χ1v) is 23.3. The molecule has 0 aliphatic rings. The fourth-order valence-electron chi connectivity index (χ4n) is 6.24. The van der Waals surface area contributed by atoms with Crippen molar-refractivity contribution in [3.8, 4) is 0 Å². The fourth-order valence-corrected chi connectivity index (χ4v) is 6.24. The lowest BCUT2D eigenvalue weighted by Crippen LogP contribution is -2.30. The molecule has 0 saturated carbocycles. The highest BCUT2D eigenvalue weighted by Crippen LogP contribution is 2.14. The van der Waals surface area contributed by atoms with E-state index in [4.69, 9.17) is 14.2 Å². The average molecular weight is 783 g/mol. The maximum atomic E-state index is 12.7. The Morgan fingerprint density at radius 1 is 0.375 bits per heavy atom. The van der Waals surface area contributed by atoms with E-state index in [1.165, 1.54) is 89.9 Å². The van der Waals surface area contributed by atoms with Crippen LogP contribution in [0.25, 0.3) is 0 Å². The first-order valence-electron chi connectivity index (χ1n) is 23.3. The van der Waals surface area contributed by atoms with E-state index < -0.39 is 6.10 Å². The van der Waals surface area contributed by atoms with Gasteiger partial charge >= 0.3 is 17.9 Å². The first kappa shape index (κ1) is 53.1. The average Bonchev–Trinajstić information content (AvgIpc) is 3.19. The van der Waals surface area contributed by atoms with Crippen molar-refractivity contribution in [1.82, 2.24) is 0 Å². The topological polar surface area (TPSA) is 78.9 Å². The van der Waals surface area contributed by atoms with E-state index in [9.17, 15) is 14.4 Å². The number of carbonyl (C=O) groups is 3. The van der Waals surface area contributed by atoms with Crippen LogP contribution >= 0.6 is 0 Å². The van der Waals surface area contributed by atoms with Crippen molar-refractivity contribution < 1.29 is 28.6 Å². The quantitative estimate of drug-likeness (QED) is 0.0266. The van der Waals surface area contributed by atoms with Gasteiger partial charge in [0.1, 0.15) is 13.2 Å². The molecule has 0 spiro atoms. The summed E-state index contributed by atoms with van der Waals surface area (Å²) >= 11 is 0. The number of hydrogen-bond donors (Lipinski definition) is 0. The van der Waals surface area contributed by atoms with Crippen LogP contribution < -0.4 is 0 Å². The van der Waals surface area contributed by atoms with Crippen molar-refractivity contribution in [2.24, 2.45) is 0 Å². The minimum atomic E-state index is -0.789. The second-order valence-electron chi connectivity index (χ2n) is 15.3. The summed E-state index contributed by atoms with van der Waals surface area (Å²) in [5.41, 5.74) is 0. The molecular formula is C50H86O6. The van der Waals surface area contributed by atoms with Gasteiger partial charge in [-0.15, -0.1) is 0 Å². The van der Waals surface area contributed by atoms with Crippen molar-refractivity contribution in [2.75, 3.05) is 13.2 Å². The maximum absolute atomic E-state index is 12.7. The summed E-state index contributed by atoms with van der Waals surface area (Å²) in [6, 6.07) is 0. The predicted octanol–water partition coefficient (Wildman–Crippen LogP) is 14.9. The lowest BCUT2D eigenvalue weighted by molar-refractivity contribution is -0.167. The van der Waals surface area contributed by atoms with Crippen LogP contribution in [-0.4, -0.2) is 37.2 Å². The molecule has 1 atom stereocenters. The van der Waals surface area contributed by atoms with Gasteiger partial charge in [-0.25, -0.2) is 0 Å². The number of hydrogen-bond acceptors (Lipinski definition) is 6. The second-order valence-corrected chi connectivity index (χ2v) is 15.3. The summed E-state index contributed by atoms with van der Waals surface area (Å²) in [6.45, 7) is 6.43. The van der Waals surface area contributed by atoms with Crippen LogP contribution in [0.15, 0.2) is 60.8 Å². The monoisotopic (exact) mass is 783 g/mol. The highest BCUT2D eigenvalue weighted by atomic mass is 16.6. The van der Waals surface area contributed by atoms with Crippen molar-refractivity contribution in [3.63, 3.8) is 0 Å². The number of ether oxygens (including phenoxy) is 3. The zero-order valence-corrected chi connectivity index (χ0v) is 36.6. The van der Waals surface area contributed by atoms with Gasteiger partial charge < -0.3 is 14.2 Å². The summed E-state index contributed by atoms with van der Waals surface area (Å²) in [5, 5.41) is 0. The molecule has 0 bridgehead atoms. The molecule has 0 aromatic rings. The maximum Gasteiger partial charge on any atom is 0.306 e. The molecule has 0 amide bonds. The summed E-state index contributed by atoms with van der Waals surface area (Å²) in [6.07, 6.45) is 53.4. The third kappa shape index (κ3) is 42.3. The minimum Gasteiger partial charge on any atom is -0.462 e. The van der Waals surface area contributed by atoms with E-state index in [1.807, 2.05) is 0 Å². The lowest BCUT2D eigenvalue weighted by Gasteiger charge is -2.18. The summed E-state index contributed by atoms with van der Waals surface area (Å²) in [4.78, 5) is 37.7. The van der Waals surface area contributed by atoms with E-state index in [-0.39, 0.29) is 31.1 Å². The van der Waals surface area contributed by atoms with E-state index >= 15 is 0 Å². The Bertz CT molecular complexity index is 1040. The normalized spacial score (nSPS) is 12.6. The van der Waals surface area contributed by atoms with Gasteiger partial charge in [-0.1, -0.05) is 184 Å². The van der Waals surface area contributed by atoms with Crippen LogP contribution in [0.4, 0.5) is 0 Å². The van der Waals surface area contributed by atoms with Crippen LogP contribution in [0, 0.1) is 0 Å². The molecule has 0 saturated heterocycles. The molecule has 0 radical (unpaired) electrons. The van der Waals surface area contributed by atoms with E-state index in [1.54, 1.807) is 0 Å². The summed E-state index contributed by atoms with van der Waals surface area (Å²) < 4.78 is 16.7. The Morgan fingerprint density at radius 2 is 0.714 bits per heavy atom. The standard InChI is InChI=1S/C50H86O6/c1-4-7-10-13-16-19-22-24-25-26-29-31-34-37-40-43-49(52)55-46-47(45-54-48(51)42-39-36-33-30-27-21-18-15-12-9-6-3)56-50(53)44-41-38-35-32-28-23-20-17-14-11-8-5-2/h7,10,15-16,18-19,24-25,29,31,47H,4-6,8-9,11-14,17,20-23,26-28,30,32-46H2,1-3H3/b10-7-,18-15-,19-16-,25-24-,31-29-/t47-/m0/s1. The van der Waals surface area contributed by atoms with Crippen molar-refractivity contribution >= 4 is 17.9 Å². The molecule has 56 heavy (non-hydrogen) atoms. The molecule has 6 nitrogen and oxygen atoms in total. The molecule has 322 valence electrons. The lowest BCUT2D eigenvalue weighted by atomic mass is 10.0. The Morgan fingerprint density at radius 3 is 1.20 bits per heavy atom. The molecule has 0 aromatic carbocycles. The third-order valence-electron chi connectivity index (χ3n) is 9.76. The minimum absolute atomic E-state index is 0.0908. The molecule has 0 aliphatic heterocycles. The van der Waals surface area contributed by atoms with Crippen LogP contribution in [0.1, 0.15) is 220 Å². The Kier molecular flexibility index (Phi) is 42.5. The number of rotatable bonds is 41. The van der Waals surface area contributed by atoms with E-state index in [0.717, 1.165) is 89.9 Å². The second kappa shape index (κ2) is 44.8. The number of unbranched alkanes of at least 4 members (excludes halogenated alkanes) is 20. The van der Waals surface area contributed by atoms with Crippen LogP contribution in [0.2, 0.25) is 0 Å². The summed E-state index contributed by atoms with van der Waals surface area (Å²) in [5.74, 6) is -0.944. The SMILES string of the molecule is CC/C=C\C/C=C\C/C=C\C/C=C\CCCCC(=O)OC[C@H](COC(=O)CCCCCCC/C=C\CCCC)OC(=O)CCCCCCCCCCCCCC. The smallest absolute Gasteiger partial charge is 0.306 e. The van der Waals surface area contributed by atoms with Crippen LogP contribution in [0.5, 0.6) is 0 Å². The number of esters is 3. The Hall–Kier alpha value is -2.89. The van der Waals surface area contributed by atoms with Gasteiger partial charge in [0.15, 0.2) is 6.10 Å². The van der Waals surface area contributed by atoms with Crippen LogP contribution in [0.3, 0.4) is 0 Å². The Labute approximate surface area is 345 Å². The molecular weight excluding hydrogens is 697 g/mol. The van der Waals surface area contributed by atoms with Gasteiger partial charge in [-0.05, 0) is 77.0 Å². The molecule has 0 aromatic heterocycles. The molecule has 0 aliphatic carbocycles. The molecule has 6 heteroatoms. The van der Waals surface area contributed by atoms with Gasteiger partial charge in [0.2, 0.25) is 0 Å². The van der Waals surface area contributed by atoms with Gasteiger partial charge in [0.25, 0.3) is 0 Å². The molecule has 0 unspecified atom stereocenters. The molecule has 0 N–H and O–H groups in total. The molecule has 0 fully saturated rings. The van der Waals surface area contributed by atoms with Crippen molar-refractivity contribution in [2.45, 2.75) is 226 Å². The van der Waals surface area contributed by atoms with Gasteiger partial charge in [0.05, 0.1) is 0 Å². The first-order chi connectivity index (χ1) is 27.5. The van der Waals surface area contributed by atoms with Crippen molar-refractivity contribution in [1.29, 1.82) is 0 Å². The molecule has 0 heterocycles. The zero-order valence-electron chi connectivity index (χ0n) is 36.6. The van der Waals surface area contributed by atoms with Gasteiger partial charge in [0, 0.05) is 19.3 Å². The van der Waals surface area contributed by atoms with E-state index in [2.05, 4.69) is 81.5 Å².